The molecule has 0 aliphatic heterocycles. The highest BCUT2D eigenvalue weighted by molar-refractivity contribution is 5.98. The van der Waals surface area contributed by atoms with Crippen LogP contribution in [0.15, 0.2) is 52.4 Å². The molecule has 0 fully saturated rings. The minimum atomic E-state index is -0.718. The van der Waals surface area contributed by atoms with Crippen molar-refractivity contribution in [2.24, 2.45) is 4.99 Å². The van der Waals surface area contributed by atoms with Crippen LogP contribution >= 0.6 is 0 Å². The van der Waals surface area contributed by atoms with Crippen LogP contribution in [0.3, 0.4) is 0 Å². The van der Waals surface area contributed by atoms with Crippen LogP contribution < -0.4 is 25.3 Å². The summed E-state index contributed by atoms with van der Waals surface area (Å²) >= 11 is 0. The van der Waals surface area contributed by atoms with E-state index in [0.29, 0.717) is 42.7 Å². The van der Waals surface area contributed by atoms with Gasteiger partial charge in [-0.05, 0) is 71.9 Å². The third-order valence-electron chi connectivity index (χ3n) is 6.11. The van der Waals surface area contributed by atoms with Crippen molar-refractivity contribution >= 4 is 28.6 Å². The van der Waals surface area contributed by atoms with E-state index in [1.807, 2.05) is 34.6 Å². The zero-order valence-electron chi connectivity index (χ0n) is 24.1. The number of pyridine rings is 2. The van der Waals surface area contributed by atoms with E-state index in [4.69, 9.17) is 23.9 Å². The van der Waals surface area contributed by atoms with Crippen LogP contribution in [0.2, 0.25) is 0 Å². The van der Waals surface area contributed by atoms with Gasteiger partial charge in [0.1, 0.15) is 16.9 Å². The van der Waals surface area contributed by atoms with E-state index < -0.39 is 11.9 Å². The van der Waals surface area contributed by atoms with Crippen molar-refractivity contribution in [2.75, 3.05) is 26.4 Å². The van der Waals surface area contributed by atoms with E-state index in [9.17, 15) is 14.4 Å². The molecule has 0 spiro atoms. The lowest BCUT2D eigenvalue weighted by atomic mass is 10.1. The van der Waals surface area contributed by atoms with E-state index in [1.54, 1.807) is 35.9 Å². The SMILES string of the molecule is CCOC(=O)c1cc2c(=O)n3ccccc3nc2n(C(C)C)c1=NC(=O)c1cc(OCC)c(OCC)c(OCC)c1. The number of aromatic nitrogens is 3. The second-order valence-electron chi connectivity index (χ2n) is 9.17. The predicted octanol–water partition coefficient (Wildman–Crippen LogP) is 4.34. The highest BCUT2D eigenvalue weighted by Gasteiger charge is 2.23. The Bertz CT molecular complexity index is 1710. The van der Waals surface area contributed by atoms with Crippen LogP contribution in [0.25, 0.3) is 16.7 Å². The zero-order valence-corrected chi connectivity index (χ0v) is 24.1. The molecule has 11 nitrogen and oxygen atoms in total. The van der Waals surface area contributed by atoms with Crippen molar-refractivity contribution in [1.29, 1.82) is 0 Å². The number of amides is 1. The molecular formula is C30H34N4O7. The van der Waals surface area contributed by atoms with Crippen LogP contribution in [0.4, 0.5) is 0 Å². The number of rotatable bonds is 10. The Labute approximate surface area is 237 Å². The van der Waals surface area contributed by atoms with Gasteiger partial charge in [-0.25, -0.2) is 9.78 Å². The third-order valence-corrected chi connectivity index (χ3v) is 6.11. The van der Waals surface area contributed by atoms with E-state index in [-0.39, 0.29) is 45.9 Å². The van der Waals surface area contributed by atoms with Crippen LogP contribution in [0.1, 0.15) is 68.3 Å². The lowest BCUT2D eigenvalue weighted by molar-refractivity contribution is 0.0523. The maximum Gasteiger partial charge on any atom is 0.341 e. The predicted molar refractivity (Wildman–Crippen MR) is 153 cm³/mol. The first-order valence-corrected chi connectivity index (χ1v) is 13.6. The van der Waals surface area contributed by atoms with Crippen molar-refractivity contribution in [3.63, 3.8) is 0 Å². The summed E-state index contributed by atoms with van der Waals surface area (Å²) in [7, 11) is 0. The second kappa shape index (κ2) is 12.7. The Kier molecular flexibility index (Phi) is 9.06. The van der Waals surface area contributed by atoms with Gasteiger partial charge in [0.25, 0.3) is 11.5 Å². The summed E-state index contributed by atoms with van der Waals surface area (Å²) in [6, 6.07) is 9.32. The fourth-order valence-electron chi connectivity index (χ4n) is 4.48. The first-order valence-electron chi connectivity index (χ1n) is 13.6. The number of carbonyl (C=O) groups excluding carboxylic acids is 2. The monoisotopic (exact) mass is 562 g/mol. The number of carbonyl (C=O) groups is 2. The maximum atomic E-state index is 13.7. The quantitative estimate of drug-likeness (QED) is 0.207. The Hall–Kier alpha value is -4.67. The van der Waals surface area contributed by atoms with Crippen molar-refractivity contribution in [1.82, 2.24) is 14.0 Å². The summed E-state index contributed by atoms with van der Waals surface area (Å²) in [6.45, 7) is 12.0. The Balaban J connectivity index is 2.07. The molecule has 3 aromatic heterocycles. The number of hydrogen-bond donors (Lipinski definition) is 0. The molecule has 11 heteroatoms. The number of nitrogens with zero attached hydrogens (tertiary/aromatic N) is 4. The minimum absolute atomic E-state index is 0.0212. The second-order valence-corrected chi connectivity index (χ2v) is 9.17. The highest BCUT2D eigenvalue weighted by atomic mass is 16.5. The van der Waals surface area contributed by atoms with Gasteiger partial charge in [0.2, 0.25) is 5.75 Å². The molecular weight excluding hydrogens is 528 g/mol. The van der Waals surface area contributed by atoms with Gasteiger partial charge in [0.05, 0.1) is 31.8 Å². The van der Waals surface area contributed by atoms with Crippen molar-refractivity contribution in [2.45, 2.75) is 47.6 Å². The maximum absolute atomic E-state index is 13.7. The molecule has 4 aromatic rings. The van der Waals surface area contributed by atoms with Crippen molar-refractivity contribution < 1.29 is 28.5 Å². The lowest BCUT2D eigenvalue weighted by Gasteiger charge is -2.18. The van der Waals surface area contributed by atoms with Gasteiger partial charge >= 0.3 is 5.97 Å². The molecule has 0 bridgehead atoms. The average molecular weight is 563 g/mol. The summed E-state index contributed by atoms with van der Waals surface area (Å²) in [5, 5.41) is 0.190. The normalized spacial score (nSPS) is 11.7. The highest BCUT2D eigenvalue weighted by Crippen LogP contribution is 2.39. The molecule has 0 atom stereocenters. The summed E-state index contributed by atoms with van der Waals surface area (Å²) in [5.41, 5.74) is 0.488. The number of esters is 1. The fourth-order valence-corrected chi connectivity index (χ4v) is 4.48. The first kappa shape index (κ1) is 29.3. The van der Waals surface area contributed by atoms with Crippen LogP contribution in [-0.4, -0.2) is 52.3 Å². The Morgan fingerprint density at radius 3 is 2.17 bits per heavy atom. The Morgan fingerprint density at radius 1 is 0.927 bits per heavy atom. The molecule has 0 unspecified atom stereocenters. The zero-order chi connectivity index (χ0) is 29.7. The molecule has 41 heavy (non-hydrogen) atoms. The third kappa shape index (κ3) is 5.79. The lowest BCUT2D eigenvalue weighted by Crippen LogP contribution is -2.33. The molecule has 0 aliphatic carbocycles. The number of ether oxygens (including phenoxy) is 4. The van der Waals surface area contributed by atoms with Gasteiger partial charge in [-0.2, -0.15) is 4.99 Å². The minimum Gasteiger partial charge on any atom is -0.490 e. The van der Waals surface area contributed by atoms with E-state index >= 15 is 0 Å². The van der Waals surface area contributed by atoms with Gasteiger partial charge in [-0.3, -0.25) is 14.0 Å². The molecule has 1 aromatic carbocycles. The van der Waals surface area contributed by atoms with E-state index in [2.05, 4.69) is 4.99 Å². The molecule has 4 rings (SSSR count). The molecule has 216 valence electrons. The summed E-state index contributed by atoms with van der Waals surface area (Å²) < 4.78 is 25.6. The molecule has 0 N–H and O–H groups in total. The molecule has 0 aliphatic rings. The van der Waals surface area contributed by atoms with Gasteiger partial charge in [0.15, 0.2) is 17.0 Å². The topological polar surface area (TPSA) is 123 Å². The number of benzene rings is 1. The largest absolute Gasteiger partial charge is 0.490 e. The van der Waals surface area contributed by atoms with E-state index in [1.165, 1.54) is 22.6 Å². The van der Waals surface area contributed by atoms with Crippen LogP contribution in [-0.2, 0) is 4.74 Å². The van der Waals surface area contributed by atoms with Crippen LogP contribution in [0.5, 0.6) is 17.2 Å². The molecule has 0 saturated heterocycles. The smallest absolute Gasteiger partial charge is 0.341 e. The summed E-state index contributed by atoms with van der Waals surface area (Å²) in [5.74, 6) is -0.322. The van der Waals surface area contributed by atoms with Gasteiger partial charge in [-0.1, -0.05) is 6.07 Å². The number of fused-ring (bicyclic) bond motifs is 2. The fraction of sp³-hybridized carbons (Fsp3) is 0.367. The molecule has 0 radical (unpaired) electrons. The van der Waals surface area contributed by atoms with E-state index in [0.717, 1.165) is 0 Å². The van der Waals surface area contributed by atoms with Gasteiger partial charge in [0, 0.05) is 17.8 Å². The summed E-state index contributed by atoms with van der Waals surface area (Å²) in [4.78, 5) is 49.5. The van der Waals surface area contributed by atoms with Gasteiger partial charge < -0.3 is 23.5 Å². The Morgan fingerprint density at radius 2 is 1.59 bits per heavy atom. The van der Waals surface area contributed by atoms with Gasteiger partial charge in [-0.15, -0.1) is 0 Å². The standard InChI is InChI=1S/C30H34N4O7/c1-7-38-22-15-19(16-23(39-8-2)25(22)40-9-3)28(35)32-27-21(30(37)41-10-4)17-20-26(34(27)18(5)6)31-24-13-11-12-14-33(24)29(20)36/h11-18H,7-10H2,1-6H3. The summed E-state index contributed by atoms with van der Waals surface area (Å²) in [6.07, 6.45) is 1.60. The van der Waals surface area contributed by atoms with Crippen molar-refractivity contribution in [3.05, 3.63) is 69.6 Å². The average Bonchev–Trinajstić information content (AvgIpc) is 2.94. The number of hydrogen-bond acceptors (Lipinski definition) is 8. The van der Waals surface area contributed by atoms with Crippen molar-refractivity contribution in [3.8, 4) is 17.2 Å². The first-order chi connectivity index (χ1) is 19.7. The molecule has 0 saturated carbocycles. The molecule has 1 amide bonds. The molecule has 3 heterocycles. The van der Waals surface area contributed by atoms with Crippen LogP contribution in [0, 0.1) is 0 Å².